The summed E-state index contributed by atoms with van der Waals surface area (Å²) in [4.78, 5) is 0. The zero-order chi connectivity index (χ0) is 15.3. The third-order valence-corrected chi connectivity index (χ3v) is 2.33. The van der Waals surface area contributed by atoms with Gasteiger partial charge in [0.2, 0.25) is 0 Å². The number of allylic oxidation sites excluding steroid dienone is 3. The second kappa shape index (κ2) is 11.4. The minimum atomic E-state index is -0.915. The average Bonchev–Trinajstić information content (AvgIpc) is 2.36. The van der Waals surface area contributed by atoms with E-state index in [0.717, 1.165) is 12.8 Å². The number of unbranched alkanes of at least 4 members (excludes halogenated alkanes) is 3. The van der Waals surface area contributed by atoms with Gasteiger partial charge in [-0.1, -0.05) is 43.4 Å². The van der Waals surface area contributed by atoms with Crippen LogP contribution in [0, 0.1) is 23.7 Å². The van der Waals surface area contributed by atoms with Gasteiger partial charge in [0.15, 0.2) is 0 Å². The Bertz CT molecular complexity index is 428. The van der Waals surface area contributed by atoms with Crippen LogP contribution in [0.4, 0.5) is 0 Å². The molecule has 0 aliphatic heterocycles. The van der Waals surface area contributed by atoms with Crippen molar-refractivity contribution in [3.8, 4) is 23.7 Å². The lowest BCUT2D eigenvalue weighted by Gasteiger charge is -2.10. The molecule has 0 radical (unpaired) electrons. The molecule has 0 rings (SSSR count). The maximum atomic E-state index is 9.78. The van der Waals surface area contributed by atoms with E-state index < -0.39 is 5.60 Å². The van der Waals surface area contributed by atoms with Crippen molar-refractivity contribution >= 4 is 0 Å². The average molecular weight is 274 g/mol. The van der Waals surface area contributed by atoms with Crippen molar-refractivity contribution in [3.05, 3.63) is 23.8 Å². The number of aliphatic hydroxyl groups excluding tert-OH is 1. The molecular formula is C18H26O2. The molecule has 0 aromatic heterocycles. The summed E-state index contributed by atoms with van der Waals surface area (Å²) in [6, 6.07) is 0. The molecule has 0 saturated heterocycles. The molecule has 0 aromatic rings. The van der Waals surface area contributed by atoms with Crippen molar-refractivity contribution in [1.82, 2.24) is 0 Å². The van der Waals surface area contributed by atoms with Gasteiger partial charge in [-0.05, 0) is 38.5 Å². The Labute approximate surface area is 123 Å². The van der Waals surface area contributed by atoms with Crippen molar-refractivity contribution in [1.29, 1.82) is 0 Å². The van der Waals surface area contributed by atoms with Crippen LogP contribution in [0.25, 0.3) is 0 Å². The molecule has 0 saturated carbocycles. The standard InChI is InChI=1S/C18H26O2/c1-4-5-6-7-8-9-10-13-17(14-11-12-15-19)16-18(2,3)20/h10,13,16,19-20H,4-7,12,15H2,1-3H3/b13-10+,17-16+. The lowest BCUT2D eigenvalue weighted by Crippen LogP contribution is -2.14. The van der Waals surface area contributed by atoms with Gasteiger partial charge >= 0.3 is 0 Å². The second-order valence-electron chi connectivity index (χ2n) is 5.14. The van der Waals surface area contributed by atoms with Crippen molar-refractivity contribution < 1.29 is 10.2 Å². The van der Waals surface area contributed by atoms with Gasteiger partial charge in [-0.25, -0.2) is 0 Å². The molecule has 2 nitrogen and oxygen atoms in total. The quantitative estimate of drug-likeness (QED) is 0.443. The summed E-state index contributed by atoms with van der Waals surface area (Å²) in [5.41, 5.74) is -0.198. The first-order valence-corrected chi connectivity index (χ1v) is 7.19. The molecule has 0 fully saturated rings. The Morgan fingerprint density at radius 3 is 2.50 bits per heavy atom. The van der Waals surface area contributed by atoms with Crippen molar-refractivity contribution in [2.24, 2.45) is 0 Å². The van der Waals surface area contributed by atoms with Crippen LogP contribution >= 0.6 is 0 Å². The van der Waals surface area contributed by atoms with Gasteiger partial charge in [-0.15, -0.1) is 0 Å². The summed E-state index contributed by atoms with van der Waals surface area (Å²) in [5, 5.41) is 18.5. The van der Waals surface area contributed by atoms with E-state index in [9.17, 15) is 5.11 Å². The second-order valence-corrected chi connectivity index (χ2v) is 5.14. The summed E-state index contributed by atoms with van der Waals surface area (Å²) >= 11 is 0. The van der Waals surface area contributed by atoms with Crippen LogP contribution in [0.5, 0.6) is 0 Å². The lowest BCUT2D eigenvalue weighted by atomic mass is 10.1. The summed E-state index contributed by atoms with van der Waals surface area (Å²) < 4.78 is 0. The SMILES string of the molecule is CCCCCC#C/C=C/C(C#CCCO)=C\C(C)(C)O. The molecule has 20 heavy (non-hydrogen) atoms. The highest BCUT2D eigenvalue weighted by Crippen LogP contribution is 2.08. The number of hydrogen-bond acceptors (Lipinski definition) is 2. The highest BCUT2D eigenvalue weighted by Gasteiger charge is 2.07. The van der Waals surface area contributed by atoms with Crippen LogP contribution < -0.4 is 0 Å². The van der Waals surface area contributed by atoms with Gasteiger partial charge in [-0.3, -0.25) is 0 Å². The van der Waals surface area contributed by atoms with Crippen LogP contribution in [0.15, 0.2) is 23.8 Å². The predicted molar refractivity (Wildman–Crippen MR) is 84.9 cm³/mol. The van der Waals surface area contributed by atoms with E-state index in [-0.39, 0.29) is 6.61 Å². The van der Waals surface area contributed by atoms with E-state index in [4.69, 9.17) is 5.11 Å². The maximum Gasteiger partial charge on any atom is 0.0786 e. The summed E-state index contributed by atoms with van der Waals surface area (Å²) in [5.74, 6) is 11.8. The van der Waals surface area contributed by atoms with Crippen LogP contribution in [-0.2, 0) is 0 Å². The number of aliphatic hydroxyl groups is 2. The van der Waals surface area contributed by atoms with Crippen LogP contribution in [0.1, 0.15) is 52.9 Å². The first-order chi connectivity index (χ1) is 9.49. The fourth-order valence-corrected chi connectivity index (χ4v) is 1.45. The lowest BCUT2D eigenvalue weighted by molar-refractivity contribution is 0.133. The van der Waals surface area contributed by atoms with Crippen molar-refractivity contribution in [3.63, 3.8) is 0 Å². The van der Waals surface area contributed by atoms with Gasteiger partial charge in [0.1, 0.15) is 0 Å². The fourth-order valence-electron chi connectivity index (χ4n) is 1.45. The molecule has 110 valence electrons. The third-order valence-electron chi connectivity index (χ3n) is 2.33. The van der Waals surface area contributed by atoms with Gasteiger partial charge in [-0.2, -0.15) is 0 Å². The number of hydrogen-bond donors (Lipinski definition) is 2. The predicted octanol–water partition coefficient (Wildman–Crippen LogP) is 3.21. The van der Waals surface area contributed by atoms with E-state index in [1.54, 1.807) is 32.1 Å². The Balaban J connectivity index is 4.59. The first kappa shape index (κ1) is 18.5. The highest BCUT2D eigenvalue weighted by molar-refractivity contribution is 5.41. The molecule has 0 unspecified atom stereocenters. The molecule has 0 spiro atoms. The fraction of sp³-hybridized carbons (Fsp3) is 0.556. The highest BCUT2D eigenvalue weighted by atomic mass is 16.3. The Kier molecular flexibility index (Phi) is 10.5. The zero-order valence-electron chi connectivity index (χ0n) is 12.9. The van der Waals surface area contributed by atoms with E-state index >= 15 is 0 Å². The minimum absolute atomic E-state index is 0.0454. The molecule has 0 aliphatic rings. The normalized spacial score (nSPS) is 11.8. The largest absolute Gasteiger partial charge is 0.395 e. The van der Waals surface area contributed by atoms with Gasteiger partial charge in [0.05, 0.1) is 12.2 Å². The smallest absolute Gasteiger partial charge is 0.0786 e. The van der Waals surface area contributed by atoms with Crippen LogP contribution in [0.3, 0.4) is 0 Å². The number of rotatable bonds is 6. The molecular weight excluding hydrogens is 248 g/mol. The third kappa shape index (κ3) is 13.0. The molecule has 0 atom stereocenters. The Morgan fingerprint density at radius 2 is 1.90 bits per heavy atom. The molecule has 0 heterocycles. The zero-order valence-corrected chi connectivity index (χ0v) is 12.9. The minimum Gasteiger partial charge on any atom is -0.395 e. The van der Waals surface area contributed by atoms with E-state index in [0.29, 0.717) is 12.0 Å². The molecule has 2 N–H and O–H groups in total. The molecule has 0 amide bonds. The Hall–Kier alpha value is -1.48. The van der Waals surface area contributed by atoms with Gasteiger partial charge in [0.25, 0.3) is 0 Å². The molecule has 0 aliphatic carbocycles. The first-order valence-electron chi connectivity index (χ1n) is 7.19. The maximum absolute atomic E-state index is 9.78. The summed E-state index contributed by atoms with van der Waals surface area (Å²) in [7, 11) is 0. The molecule has 0 aromatic carbocycles. The van der Waals surface area contributed by atoms with Crippen LogP contribution in [0.2, 0.25) is 0 Å². The van der Waals surface area contributed by atoms with E-state index in [2.05, 4.69) is 30.6 Å². The Morgan fingerprint density at radius 1 is 1.15 bits per heavy atom. The van der Waals surface area contributed by atoms with Gasteiger partial charge < -0.3 is 10.2 Å². The van der Waals surface area contributed by atoms with Crippen molar-refractivity contribution in [2.75, 3.05) is 6.61 Å². The summed E-state index contributed by atoms with van der Waals surface area (Å²) in [6.45, 7) is 5.62. The van der Waals surface area contributed by atoms with Gasteiger partial charge in [0, 0.05) is 18.4 Å². The van der Waals surface area contributed by atoms with Crippen molar-refractivity contribution in [2.45, 2.75) is 58.5 Å². The van der Waals surface area contributed by atoms with E-state index in [1.165, 1.54) is 12.8 Å². The summed E-state index contributed by atoms with van der Waals surface area (Å²) in [6.07, 6.45) is 10.2. The molecule has 0 bridgehead atoms. The van der Waals surface area contributed by atoms with Crippen LogP contribution in [-0.4, -0.2) is 22.4 Å². The monoisotopic (exact) mass is 274 g/mol. The van der Waals surface area contributed by atoms with E-state index in [1.807, 2.05) is 0 Å². The molecule has 2 heteroatoms. The topological polar surface area (TPSA) is 40.5 Å².